The van der Waals surface area contributed by atoms with Crippen LogP contribution in [0.4, 0.5) is 0 Å². The van der Waals surface area contributed by atoms with Crippen molar-refractivity contribution in [3.8, 4) is 11.5 Å². The largest absolute Gasteiger partial charge is 0.489 e. The van der Waals surface area contributed by atoms with Crippen molar-refractivity contribution in [2.45, 2.75) is 38.1 Å². The second-order valence-electron chi connectivity index (χ2n) is 6.29. The first-order valence-corrected chi connectivity index (χ1v) is 7.48. The Kier molecular flexibility index (Phi) is 2.69. The molecule has 3 nitrogen and oxygen atoms in total. The lowest BCUT2D eigenvalue weighted by Gasteiger charge is -2.24. The van der Waals surface area contributed by atoms with E-state index in [0.717, 1.165) is 31.3 Å². The summed E-state index contributed by atoms with van der Waals surface area (Å²) in [4.78, 5) is 0. The van der Waals surface area contributed by atoms with Gasteiger partial charge in [0.05, 0.1) is 13.2 Å². The van der Waals surface area contributed by atoms with Crippen molar-refractivity contribution in [2.24, 2.45) is 5.41 Å². The molecule has 1 aromatic rings. The van der Waals surface area contributed by atoms with E-state index in [-0.39, 0.29) is 0 Å². The molecule has 1 atom stereocenters. The highest BCUT2D eigenvalue weighted by atomic mass is 16.5. The van der Waals surface area contributed by atoms with Gasteiger partial charge in [0.1, 0.15) is 0 Å². The van der Waals surface area contributed by atoms with Gasteiger partial charge in [-0.1, -0.05) is 12.5 Å². The van der Waals surface area contributed by atoms with Crippen molar-refractivity contribution in [3.05, 3.63) is 23.8 Å². The number of hydrogen-bond acceptors (Lipinski definition) is 3. The fourth-order valence-electron chi connectivity index (χ4n) is 3.08. The van der Waals surface area contributed by atoms with Gasteiger partial charge in [0.25, 0.3) is 0 Å². The molecule has 1 saturated heterocycles. The molecule has 1 aliphatic carbocycles. The van der Waals surface area contributed by atoms with E-state index in [9.17, 15) is 0 Å². The Hall–Kier alpha value is -1.22. The lowest BCUT2D eigenvalue weighted by molar-refractivity contribution is 0.197. The fraction of sp³-hybridized carbons (Fsp3) is 0.625. The average Bonchev–Trinajstić information content (AvgIpc) is 3.27. The second-order valence-corrected chi connectivity index (χ2v) is 6.29. The third-order valence-corrected chi connectivity index (χ3v) is 4.71. The highest BCUT2D eigenvalue weighted by Crippen LogP contribution is 2.49. The van der Waals surface area contributed by atoms with E-state index in [1.54, 1.807) is 0 Å². The smallest absolute Gasteiger partial charge is 0.161 e. The van der Waals surface area contributed by atoms with Crippen LogP contribution in [0.5, 0.6) is 11.5 Å². The van der Waals surface area contributed by atoms with Gasteiger partial charge in [0, 0.05) is 11.5 Å². The van der Waals surface area contributed by atoms with Crippen molar-refractivity contribution in [1.29, 1.82) is 0 Å². The van der Waals surface area contributed by atoms with Gasteiger partial charge in [0.15, 0.2) is 11.5 Å². The minimum atomic E-state index is 0.322. The molecular formula is C16H21NO2. The van der Waals surface area contributed by atoms with Crippen LogP contribution in [0.25, 0.3) is 0 Å². The Morgan fingerprint density at radius 1 is 1.05 bits per heavy atom. The number of benzene rings is 1. The van der Waals surface area contributed by atoms with E-state index < -0.39 is 0 Å². The maximum atomic E-state index is 6.00. The highest BCUT2D eigenvalue weighted by molar-refractivity contribution is 5.44. The zero-order valence-electron chi connectivity index (χ0n) is 11.3. The first kappa shape index (κ1) is 11.6. The van der Waals surface area contributed by atoms with Gasteiger partial charge in [-0.15, -0.1) is 0 Å². The van der Waals surface area contributed by atoms with E-state index in [2.05, 4.69) is 23.5 Å². The molecule has 0 radical (unpaired) electrons. The van der Waals surface area contributed by atoms with Gasteiger partial charge in [-0.05, 0) is 49.9 Å². The van der Waals surface area contributed by atoms with Crippen LogP contribution in [0.15, 0.2) is 18.2 Å². The van der Waals surface area contributed by atoms with E-state index in [0.29, 0.717) is 11.5 Å². The molecule has 2 heterocycles. The molecular weight excluding hydrogens is 238 g/mol. The summed E-state index contributed by atoms with van der Waals surface area (Å²) in [5, 5.41) is 3.59. The van der Waals surface area contributed by atoms with Gasteiger partial charge in [0.2, 0.25) is 0 Å². The van der Waals surface area contributed by atoms with Crippen LogP contribution in [0, 0.1) is 5.41 Å². The standard InChI is InChI=1S/C16H21NO2/c1-2-8-17-13(3-1)12-4-5-14-15(9-12)19-11-16(6-7-16)10-18-14/h4-5,9,13,17H,1-3,6-8,10-11H2. The summed E-state index contributed by atoms with van der Waals surface area (Å²) in [5.74, 6) is 1.86. The Labute approximate surface area is 114 Å². The molecule has 19 heavy (non-hydrogen) atoms. The Balaban J connectivity index is 1.57. The SMILES string of the molecule is c1cc2c(cc1C1CCCCN1)OCC1(CC1)CO2. The van der Waals surface area contributed by atoms with Gasteiger partial charge < -0.3 is 14.8 Å². The van der Waals surface area contributed by atoms with Gasteiger partial charge in [-0.25, -0.2) is 0 Å². The van der Waals surface area contributed by atoms with Gasteiger partial charge in [-0.3, -0.25) is 0 Å². The van der Waals surface area contributed by atoms with Crippen LogP contribution in [-0.2, 0) is 0 Å². The van der Waals surface area contributed by atoms with E-state index in [1.165, 1.54) is 37.7 Å². The summed E-state index contributed by atoms with van der Waals surface area (Å²) in [5.41, 5.74) is 1.66. The highest BCUT2D eigenvalue weighted by Gasteiger charge is 2.46. The van der Waals surface area contributed by atoms with Crippen molar-refractivity contribution < 1.29 is 9.47 Å². The molecule has 4 rings (SSSR count). The molecule has 1 N–H and O–H groups in total. The maximum absolute atomic E-state index is 6.00. The normalized spacial score (nSPS) is 27.9. The van der Waals surface area contributed by atoms with Crippen molar-refractivity contribution in [3.63, 3.8) is 0 Å². The first-order chi connectivity index (χ1) is 9.35. The number of piperidine rings is 1. The quantitative estimate of drug-likeness (QED) is 0.841. The summed E-state index contributed by atoms with van der Waals surface area (Å²) in [7, 11) is 0. The maximum Gasteiger partial charge on any atom is 0.161 e. The number of ether oxygens (including phenoxy) is 2. The third kappa shape index (κ3) is 2.20. The van der Waals surface area contributed by atoms with Gasteiger partial charge in [-0.2, -0.15) is 0 Å². The topological polar surface area (TPSA) is 30.5 Å². The first-order valence-electron chi connectivity index (χ1n) is 7.48. The zero-order chi connectivity index (χ0) is 12.7. The second kappa shape index (κ2) is 4.41. The van der Waals surface area contributed by atoms with Crippen molar-refractivity contribution >= 4 is 0 Å². The molecule has 0 bridgehead atoms. The third-order valence-electron chi connectivity index (χ3n) is 4.71. The average molecular weight is 259 g/mol. The van der Waals surface area contributed by atoms with Crippen LogP contribution >= 0.6 is 0 Å². The minimum absolute atomic E-state index is 0.322. The van der Waals surface area contributed by atoms with Crippen LogP contribution in [0.2, 0.25) is 0 Å². The van der Waals surface area contributed by atoms with E-state index in [1.807, 2.05) is 0 Å². The molecule has 1 unspecified atom stereocenters. The molecule has 102 valence electrons. The Morgan fingerprint density at radius 3 is 2.63 bits per heavy atom. The molecule has 1 aromatic carbocycles. The number of rotatable bonds is 1. The summed E-state index contributed by atoms with van der Waals surface area (Å²) >= 11 is 0. The summed E-state index contributed by atoms with van der Waals surface area (Å²) in [6.45, 7) is 2.77. The molecule has 0 aromatic heterocycles. The lowest BCUT2D eigenvalue weighted by Crippen LogP contribution is -2.26. The predicted octanol–water partition coefficient (Wildman–Crippen LogP) is 3.05. The van der Waals surface area contributed by atoms with E-state index >= 15 is 0 Å². The molecule has 1 spiro atoms. The van der Waals surface area contributed by atoms with Crippen LogP contribution in [-0.4, -0.2) is 19.8 Å². The summed E-state index contributed by atoms with van der Waals surface area (Å²) in [6, 6.07) is 6.94. The minimum Gasteiger partial charge on any atom is -0.489 e. The Morgan fingerprint density at radius 2 is 1.89 bits per heavy atom. The Bertz CT molecular complexity index is 476. The van der Waals surface area contributed by atoms with Gasteiger partial charge >= 0.3 is 0 Å². The number of nitrogens with one attached hydrogen (secondary N) is 1. The van der Waals surface area contributed by atoms with Crippen LogP contribution < -0.4 is 14.8 Å². The van der Waals surface area contributed by atoms with Crippen molar-refractivity contribution in [2.75, 3.05) is 19.8 Å². The van der Waals surface area contributed by atoms with Crippen molar-refractivity contribution in [1.82, 2.24) is 5.32 Å². The number of fused-ring (bicyclic) bond motifs is 1. The molecule has 2 aliphatic heterocycles. The zero-order valence-corrected chi connectivity index (χ0v) is 11.3. The number of hydrogen-bond donors (Lipinski definition) is 1. The predicted molar refractivity (Wildman–Crippen MR) is 73.7 cm³/mol. The molecule has 3 aliphatic rings. The monoisotopic (exact) mass is 259 g/mol. The lowest BCUT2D eigenvalue weighted by atomic mass is 9.97. The molecule has 2 fully saturated rings. The van der Waals surface area contributed by atoms with E-state index in [4.69, 9.17) is 9.47 Å². The fourth-order valence-corrected chi connectivity index (χ4v) is 3.08. The molecule has 3 heteroatoms. The molecule has 1 saturated carbocycles. The van der Waals surface area contributed by atoms with Crippen LogP contribution in [0.1, 0.15) is 43.7 Å². The van der Waals surface area contributed by atoms with Crippen LogP contribution in [0.3, 0.4) is 0 Å². The summed E-state index contributed by atoms with van der Waals surface area (Å²) < 4.78 is 11.9. The molecule has 0 amide bonds. The summed E-state index contributed by atoms with van der Waals surface area (Å²) in [6.07, 6.45) is 6.33.